The number of nitrogens with one attached hydrogen (secondary N) is 1. The van der Waals surface area contributed by atoms with E-state index in [1.165, 1.54) is 4.68 Å². The smallest absolute Gasteiger partial charge is 0.435 e. The van der Waals surface area contributed by atoms with E-state index in [2.05, 4.69) is 10.4 Å². The topological polar surface area (TPSA) is 134 Å². The number of benzene rings is 3. The van der Waals surface area contributed by atoms with Crippen LogP contribution < -0.4 is 19.7 Å². The summed E-state index contributed by atoms with van der Waals surface area (Å²) in [6.07, 6.45) is -0.955. The standard InChI is InChI=1S/C38H39N5O7/c1-36(2,3)49-34(45)42-28-16-14-23(47-7)19-25(28)38(33(42)44)20-26(38)21-13-15-24-29(17-21)43(35(46)50-37(4,5)6)41-31(24)40-32-30(48-8)18-22-11-9-10-12-27(22)39-32/h9-19,26H,20H2,1-8H3,(H,39,40,41)/t26-,38-/m0/s1. The zero-order valence-electron chi connectivity index (χ0n) is 29.3. The van der Waals surface area contributed by atoms with Crippen LogP contribution in [0.1, 0.15) is 65.0 Å². The summed E-state index contributed by atoms with van der Waals surface area (Å²) in [5.41, 5.74) is 0.581. The molecule has 1 saturated carbocycles. The Morgan fingerprint density at radius 1 is 0.860 bits per heavy atom. The highest BCUT2D eigenvalue weighted by Crippen LogP contribution is 2.67. The normalized spacial score (nSPS) is 18.4. The molecule has 0 bridgehead atoms. The molecule has 12 nitrogen and oxygen atoms in total. The van der Waals surface area contributed by atoms with E-state index in [4.69, 9.17) is 23.9 Å². The summed E-state index contributed by atoms with van der Waals surface area (Å²) in [6, 6.07) is 20.4. The van der Waals surface area contributed by atoms with Crippen molar-refractivity contribution in [1.82, 2.24) is 14.8 Å². The van der Waals surface area contributed by atoms with Gasteiger partial charge in [-0.25, -0.2) is 19.5 Å². The molecule has 258 valence electrons. The molecule has 1 spiro atoms. The molecule has 50 heavy (non-hydrogen) atoms. The first-order valence-corrected chi connectivity index (χ1v) is 16.4. The number of pyridine rings is 1. The van der Waals surface area contributed by atoms with Crippen LogP contribution in [-0.4, -0.2) is 58.3 Å². The maximum Gasteiger partial charge on any atom is 0.435 e. The van der Waals surface area contributed by atoms with Gasteiger partial charge in [0.25, 0.3) is 0 Å². The number of hydrogen-bond acceptors (Lipinski definition) is 10. The van der Waals surface area contributed by atoms with Crippen molar-refractivity contribution in [2.75, 3.05) is 24.4 Å². The predicted octanol–water partition coefficient (Wildman–Crippen LogP) is 7.84. The van der Waals surface area contributed by atoms with Gasteiger partial charge in [0.1, 0.15) is 17.0 Å². The molecule has 0 saturated heterocycles. The van der Waals surface area contributed by atoms with Crippen LogP contribution >= 0.6 is 0 Å². The fourth-order valence-electron chi connectivity index (χ4n) is 6.65. The molecule has 0 radical (unpaired) electrons. The Bertz CT molecular complexity index is 2210. The lowest BCUT2D eigenvalue weighted by atomic mass is 9.91. The van der Waals surface area contributed by atoms with Crippen molar-refractivity contribution in [1.29, 1.82) is 0 Å². The molecule has 1 aliphatic carbocycles. The number of aromatic nitrogens is 3. The van der Waals surface area contributed by atoms with Crippen molar-refractivity contribution in [3.8, 4) is 11.5 Å². The number of para-hydroxylation sites is 1. The molecule has 2 atom stereocenters. The number of fused-ring (bicyclic) bond motifs is 4. The quantitative estimate of drug-likeness (QED) is 0.196. The van der Waals surface area contributed by atoms with Crippen LogP contribution in [-0.2, 0) is 19.7 Å². The van der Waals surface area contributed by atoms with Gasteiger partial charge < -0.3 is 24.3 Å². The number of nitrogens with zero attached hydrogens (tertiary/aromatic N) is 4. The third-order valence-corrected chi connectivity index (χ3v) is 8.87. The van der Waals surface area contributed by atoms with Crippen LogP contribution in [0.25, 0.3) is 21.8 Å². The summed E-state index contributed by atoms with van der Waals surface area (Å²) >= 11 is 0. The van der Waals surface area contributed by atoms with Gasteiger partial charge >= 0.3 is 12.2 Å². The maximum atomic E-state index is 14.3. The van der Waals surface area contributed by atoms with E-state index < -0.39 is 28.8 Å². The Hall–Kier alpha value is -5.65. The number of ether oxygens (including phenoxy) is 4. The van der Waals surface area contributed by atoms with E-state index in [0.29, 0.717) is 51.7 Å². The Kier molecular flexibility index (Phi) is 7.54. The van der Waals surface area contributed by atoms with Gasteiger partial charge in [-0.3, -0.25) is 4.79 Å². The first-order valence-electron chi connectivity index (χ1n) is 16.4. The Labute approximate surface area is 289 Å². The monoisotopic (exact) mass is 677 g/mol. The summed E-state index contributed by atoms with van der Waals surface area (Å²) in [6.45, 7) is 10.6. The fourth-order valence-corrected chi connectivity index (χ4v) is 6.65. The number of carbonyl (C=O) groups is 3. The van der Waals surface area contributed by atoms with Crippen LogP contribution in [0.15, 0.2) is 66.7 Å². The highest BCUT2D eigenvalue weighted by atomic mass is 16.6. The summed E-state index contributed by atoms with van der Waals surface area (Å²) < 4.78 is 23.8. The maximum absolute atomic E-state index is 14.3. The minimum Gasteiger partial charge on any atom is -0.497 e. The van der Waals surface area contributed by atoms with Crippen LogP contribution in [0, 0.1) is 0 Å². The predicted molar refractivity (Wildman–Crippen MR) is 189 cm³/mol. The third kappa shape index (κ3) is 5.54. The number of methoxy groups -OCH3 is 2. The van der Waals surface area contributed by atoms with Crippen molar-refractivity contribution in [2.45, 2.75) is 70.5 Å². The fraction of sp³-hybridized carbons (Fsp3) is 0.342. The zero-order valence-corrected chi connectivity index (χ0v) is 29.3. The third-order valence-electron chi connectivity index (χ3n) is 8.87. The summed E-state index contributed by atoms with van der Waals surface area (Å²) in [5.74, 6) is 1.20. The SMILES string of the molecule is COc1ccc2c(c1)[C@]1(C[C@H]1c1ccc3c(Nc4nc5ccccc5cc4OC)nn(C(=O)OC(C)(C)C)c3c1)C(=O)N2C(=O)OC(C)(C)C. The molecule has 3 heterocycles. The summed E-state index contributed by atoms with van der Waals surface area (Å²) in [5, 5.41) is 9.47. The average molecular weight is 678 g/mol. The van der Waals surface area contributed by atoms with Gasteiger partial charge in [-0.05, 0) is 102 Å². The van der Waals surface area contributed by atoms with Crippen molar-refractivity contribution in [3.63, 3.8) is 0 Å². The van der Waals surface area contributed by atoms with Gasteiger partial charge in [0, 0.05) is 16.7 Å². The molecule has 2 aliphatic rings. The summed E-state index contributed by atoms with van der Waals surface area (Å²) in [4.78, 5) is 47.2. The Morgan fingerprint density at radius 3 is 2.28 bits per heavy atom. The average Bonchev–Trinajstić information content (AvgIpc) is 3.64. The van der Waals surface area contributed by atoms with Crippen LogP contribution in [0.2, 0.25) is 0 Å². The lowest BCUT2D eigenvalue weighted by Crippen LogP contribution is -2.41. The van der Waals surface area contributed by atoms with Gasteiger partial charge in [0.15, 0.2) is 17.4 Å². The number of amides is 2. The molecule has 7 rings (SSSR count). The largest absolute Gasteiger partial charge is 0.497 e. The molecule has 1 aliphatic heterocycles. The van der Waals surface area contributed by atoms with Crippen molar-refractivity contribution in [2.24, 2.45) is 0 Å². The molecule has 3 aromatic carbocycles. The highest BCUT2D eigenvalue weighted by molar-refractivity contribution is 6.23. The number of carbonyl (C=O) groups excluding carboxylic acids is 3. The lowest BCUT2D eigenvalue weighted by molar-refractivity contribution is -0.120. The van der Waals surface area contributed by atoms with Gasteiger partial charge in [-0.2, -0.15) is 4.68 Å². The van der Waals surface area contributed by atoms with Gasteiger partial charge in [0.05, 0.1) is 36.4 Å². The second kappa shape index (κ2) is 11.5. The van der Waals surface area contributed by atoms with E-state index in [0.717, 1.165) is 21.4 Å². The number of hydrogen-bond donors (Lipinski definition) is 1. The molecule has 1 fully saturated rings. The molecular weight excluding hydrogens is 638 g/mol. The zero-order chi connectivity index (χ0) is 35.7. The Balaban J connectivity index is 1.31. The van der Waals surface area contributed by atoms with Crippen molar-refractivity contribution < 1.29 is 33.3 Å². The second-order valence-electron chi connectivity index (χ2n) is 14.6. The minimum atomic E-state index is -1.02. The number of anilines is 3. The van der Waals surface area contributed by atoms with E-state index in [9.17, 15) is 14.4 Å². The number of rotatable bonds is 5. The molecule has 0 unspecified atom stereocenters. The van der Waals surface area contributed by atoms with Crippen LogP contribution in [0.4, 0.5) is 26.9 Å². The molecule has 1 N–H and O–H groups in total. The minimum absolute atomic E-state index is 0.307. The second-order valence-corrected chi connectivity index (χ2v) is 14.6. The van der Waals surface area contributed by atoms with Crippen LogP contribution in [0.5, 0.6) is 11.5 Å². The van der Waals surface area contributed by atoms with E-state index in [1.807, 2.05) is 54.6 Å². The first kappa shape index (κ1) is 32.9. The van der Waals surface area contributed by atoms with E-state index in [1.54, 1.807) is 67.9 Å². The number of imide groups is 1. The van der Waals surface area contributed by atoms with Gasteiger partial charge in [-0.15, -0.1) is 5.10 Å². The molecule has 5 aromatic rings. The molecule has 2 amide bonds. The van der Waals surface area contributed by atoms with Crippen molar-refractivity contribution in [3.05, 3.63) is 77.9 Å². The Morgan fingerprint density at radius 2 is 1.58 bits per heavy atom. The van der Waals surface area contributed by atoms with Gasteiger partial charge in [0.2, 0.25) is 5.91 Å². The van der Waals surface area contributed by atoms with Gasteiger partial charge in [-0.1, -0.05) is 24.3 Å². The van der Waals surface area contributed by atoms with E-state index in [-0.39, 0.29) is 11.8 Å². The summed E-state index contributed by atoms with van der Waals surface area (Å²) in [7, 11) is 3.12. The molecule has 12 heteroatoms. The first-order chi connectivity index (χ1) is 23.6. The lowest BCUT2D eigenvalue weighted by Gasteiger charge is -2.24. The van der Waals surface area contributed by atoms with Crippen molar-refractivity contribution >= 4 is 57.2 Å². The van der Waals surface area contributed by atoms with Crippen LogP contribution in [0.3, 0.4) is 0 Å². The highest BCUT2D eigenvalue weighted by Gasteiger charge is 2.68. The molecule has 2 aromatic heterocycles. The molecular formula is C38H39N5O7. The van der Waals surface area contributed by atoms with E-state index >= 15 is 0 Å².